The van der Waals surface area contributed by atoms with E-state index in [4.69, 9.17) is 4.74 Å². The number of hydrogen-bond acceptors (Lipinski definition) is 4. The summed E-state index contributed by atoms with van der Waals surface area (Å²) in [5.74, 6) is 2.06. The van der Waals surface area contributed by atoms with Crippen molar-refractivity contribution in [2.75, 3.05) is 13.1 Å². The first-order valence-electron chi connectivity index (χ1n) is 11.1. The van der Waals surface area contributed by atoms with Crippen LogP contribution in [0.4, 0.5) is 0 Å². The molecule has 1 atom stereocenters. The highest BCUT2D eigenvalue weighted by Crippen LogP contribution is 2.34. The number of likely N-dealkylation sites (tertiary alicyclic amines) is 1. The number of para-hydroxylation sites is 1. The van der Waals surface area contributed by atoms with Gasteiger partial charge in [0.15, 0.2) is 0 Å². The minimum atomic E-state index is -0.248. The second-order valence-electron chi connectivity index (χ2n) is 8.68. The normalized spacial score (nSPS) is 18.7. The zero-order valence-corrected chi connectivity index (χ0v) is 18.2. The van der Waals surface area contributed by atoms with E-state index in [9.17, 15) is 4.79 Å². The first-order valence-corrected chi connectivity index (χ1v) is 11.1. The number of ether oxygens (including phenoxy) is 1. The van der Waals surface area contributed by atoms with Crippen LogP contribution in [0, 0.1) is 5.41 Å². The molecule has 160 valence electrons. The van der Waals surface area contributed by atoms with Gasteiger partial charge in [0.05, 0.1) is 0 Å². The number of Topliss-reactive ketones (excluding diaryl/α,β-unsaturated/α-hetero) is 1. The van der Waals surface area contributed by atoms with Gasteiger partial charge in [0.1, 0.15) is 17.3 Å². The highest BCUT2D eigenvalue weighted by atomic mass is 16.5. The Bertz CT molecular complexity index is 990. The Kier molecular flexibility index (Phi) is 6.78. The number of ketones is 1. The van der Waals surface area contributed by atoms with E-state index >= 15 is 0 Å². The van der Waals surface area contributed by atoms with Crippen LogP contribution in [0.5, 0.6) is 11.5 Å². The topological polar surface area (TPSA) is 42.4 Å². The van der Waals surface area contributed by atoms with Crippen molar-refractivity contribution in [1.82, 2.24) is 9.88 Å². The van der Waals surface area contributed by atoms with E-state index in [-0.39, 0.29) is 5.41 Å². The molecule has 0 amide bonds. The van der Waals surface area contributed by atoms with Gasteiger partial charge in [0.25, 0.3) is 0 Å². The molecule has 1 aromatic heterocycles. The molecule has 4 nitrogen and oxygen atoms in total. The summed E-state index contributed by atoms with van der Waals surface area (Å²) in [6.07, 6.45) is 5.09. The molecule has 4 rings (SSSR count). The van der Waals surface area contributed by atoms with Gasteiger partial charge < -0.3 is 4.74 Å². The van der Waals surface area contributed by atoms with E-state index in [0.717, 1.165) is 56.1 Å². The average Bonchev–Trinajstić information content (AvgIpc) is 3.17. The fourth-order valence-corrected chi connectivity index (χ4v) is 4.29. The number of carbonyl (C=O) groups is 1. The number of aromatic nitrogens is 1. The molecule has 0 aliphatic carbocycles. The molecule has 0 N–H and O–H groups in total. The van der Waals surface area contributed by atoms with Crippen molar-refractivity contribution in [3.63, 3.8) is 0 Å². The summed E-state index contributed by atoms with van der Waals surface area (Å²) in [6.45, 7) is 4.74. The van der Waals surface area contributed by atoms with Crippen LogP contribution < -0.4 is 4.74 Å². The SMILES string of the molecule is CC1(C(=O)CCCc2ccccn2)CCN(Cc2cccc(Oc3ccccc3)c2)C1. The summed E-state index contributed by atoms with van der Waals surface area (Å²) in [5, 5.41) is 0. The van der Waals surface area contributed by atoms with E-state index in [0.29, 0.717) is 12.2 Å². The average molecular weight is 415 g/mol. The molecule has 1 saturated heterocycles. The van der Waals surface area contributed by atoms with Crippen LogP contribution in [0.2, 0.25) is 0 Å². The highest BCUT2D eigenvalue weighted by molar-refractivity contribution is 5.85. The molecule has 0 bridgehead atoms. The van der Waals surface area contributed by atoms with E-state index in [2.05, 4.69) is 28.9 Å². The molecule has 31 heavy (non-hydrogen) atoms. The van der Waals surface area contributed by atoms with Crippen LogP contribution in [0.15, 0.2) is 79.0 Å². The molecule has 0 radical (unpaired) electrons. The molecular formula is C27H30N2O2. The van der Waals surface area contributed by atoms with Gasteiger partial charge in [-0.1, -0.05) is 43.3 Å². The maximum absolute atomic E-state index is 12.9. The lowest BCUT2D eigenvalue weighted by atomic mass is 9.82. The number of rotatable bonds is 9. The Hall–Kier alpha value is -2.98. The zero-order valence-electron chi connectivity index (χ0n) is 18.2. The monoisotopic (exact) mass is 414 g/mol. The molecule has 4 heteroatoms. The quantitative estimate of drug-likeness (QED) is 0.452. The van der Waals surface area contributed by atoms with Crippen molar-refractivity contribution in [2.24, 2.45) is 5.41 Å². The number of aryl methyl sites for hydroxylation is 1. The second-order valence-corrected chi connectivity index (χ2v) is 8.68. The Morgan fingerprint density at radius 3 is 2.65 bits per heavy atom. The Morgan fingerprint density at radius 2 is 1.84 bits per heavy atom. The summed E-state index contributed by atoms with van der Waals surface area (Å²) in [5.41, 5.74) is 2.02. The fraction of sp³-hybridized carbons (Fsp3) is 0.333. The van der Waals surface area contributed by atoms with E-state index in [1.54, 1.807) is 0 Å². The number of benzene rings is 2. The second kappa shape index (κ2) is 9.88. The maximum atomic E-state index is 12.9. The molecule has 0 saturated carbocycles. The Labute approximate surface area is 184 Å². The molecule has 1 aliphatic rings. The minimum Gasteiger partial charge on any atom is -0.457 e. The van der Waals surface area contributed by atoms with Crippen molar-refractivity contribution in [3.05, 3.63) is 90.3 Å². The lowest BCUT2D eigenvalue weighted by molar-refractivity contribution is -0.127. The Balaban J connectivity index is 1.29. The fourth-order valence-electron chi connectivity index (χ4n) is 4.29. The predicted molar refractivity (Wildman–Crippen MR) is 123 cm³/mol. The number of pyridine rings is 1. The predicted octanol–water partition coefficient (Wildman–Crippen LogP) is 5.68. The van der Waals surface area contributed by atoms with Crippen LogP contribution in [0.25, 0.3) is 0 Å². The van der Waals surface area contributed by atoms with E-state index < -0.39 is 0 Å². The van der Waals surface area contributed by atoms with Crippen LogP contribution >= 0.6 is 0 Å². The van der Waals surface area contributed by atoms with E-state index in [1.165, 1.54) is 5.56 Å². The third-order valence-electron chi connectivity index (χ3n) is 6.07. The van der Waals surface area contributed by atoms with Gasteiger partial charge in [-0.05, 0) is 67.8 Å². The van der Waals surface area contributed by atoms with Crippen molar-refractivity contribution in [3.8, 4) is 11.5 Å². The van der Waals surface area contributed by atoms with Gasteiger partial charge in [-0.2, -0.15) is 0 Å². The summed E-state index contributed by atoms with van der Waals surface area (Å²) in [7, 11) is 0. The Morgan fingerprint density at radius 1 is 1.03 bits per heavy atom. The number of hydrogen-bond donors (Lipinski definition) is 0. The first-order chi connectivity index (χ1) is 15.1. The number of nitrogens with zero attached hydrogens (tertiary/aromatic N) is 2. The van der Waals surface area contributed by atoms with Crippen LogP contribution in [-0.4, -0.2) is 28.8 Å². The third kappa shape index (κ3) is 5.80. The van der Waals surface area contributed by atoms with Crippen LogP contribution in [0.3, 0.4) is 0 Å². The summed E-state index contributed by atoms with van der Waals surface area (Å²) >= 11 is 0. The van der Waals surface area contributed by atoms with Crippen LogP contribution in [-0.2, 0) is 17.8 Å². The van der Waals surface area contributed by atoms with Gasteiger partial charge in [-0.25, -0.2) is 0 Å². The lowest BCUT2D eigenvalue weighted by Crippen LogP contribution is -2.31. The van der Waals surface area contributed by atoms with Gasteiger partial charge >= 0.3 is 0 Å². The maximum Gasteiger partial charge on any atom is 0.140 e. The van der Waals surface area contributed by atoms with E-state index in [1.807, 2.05) is 66.9 Å². The standard InChI is InChI=1S/C27H30N2O2/c1-27(26(30)15-8-11-23-10-5-6-17-28-23)16-18-29(21-27)20-22-9-7-14-25(19-22)31-24-12-3-2-4-13-24/h2-7,9-10,12-14,17,19H,8,11,15-16,18,20-21H2,1H3. The molecule has 3 aromatic rings. The van der Waals surface area contributed by atoms with Crippen molar-refractivity contribution >= 4 is 5.78 Å². The molecule has 1 unspecified atom stereocenters. The minimum absolute atomic E-state index is 0.248. The van der Waals surface area contributed by atoms with Crippen molar-refractivity contribution in [2.45, 2.75) is 39.2 Å². The van der Waals surface area contributed by atoms with Crippen molar-refractivity contribution in [1.29, 1.82) is 0 Å². The van der Waals surface area contributed by atoms with Gasteiger partial charge in [0, 0.05) is 36.8 Å². The molecule has 0 spiro atoms. The summed E-state index contributed by atoms with van der Waals surface area (Å²) in [4.78, 5) is 19.7. The van der Waals surface area contributed by atoms with Crippen molar-refractivity contribution < 1.29 is 9.53 Å². The smallest absolute Gasteiger partial charge is 0.140 e. The zero-order chi connectivity index (χ0) is 21.5. The summed E-state index contributed by atoms with van der Waals surface area (Å²) in [6, 6.07) is 24.0. The molecule has 1 fully saturated rings. The highest BCUT2D eigenvalue weighted by Gasteiger charge is 2.39. The van der Waals surface area contributed by atoms with Crippen LogP contribution in [0.1, 0.15) is 37.4 Å². The van der Waals surface area contributed by atoms with Gasteiger partial charge in [0.2, 0.25) is 0 Å². The van der Waals surface area contributed by atoms with Gasteiger partial charge in [-0.15, -0.1) is 0 Å². The van der Waals surface area contributed by atoms with Gasteiger partial charge in [-0.3, -0.25) is 14.7 Å². The largest absolute Gasteiger partial charge is 0.457 e. The lowest BCUT2D eigenvalue weighted by Gasteiger charge is -2.23. The molecule has 2 aromatic carbocycles. The molecule has 1 aliphatic heterocycles. The summed E-state index contributed by atoms with van der Waals surface area (Å²) < 4.78 is 5.97. The first kappa shape index (κ1) is 21.3. The molecule has 2 heterocycles. The third-order valence-corrected chi connectivity index (χ3v) is 6.07. The number of carbonyl (C=O) groups excluding carboxylic acids is 1. The molecular weight excluding hydrogens is 384 g/mol.